The molecule has 0 amide bonds. The fraction of sp³-hybridized carbons (Fsp3) is 0.846. The van der Waals surface area contributed by atoms with Crippen molar-refractivity contribution in [2.75, 3.05) is 5.88 Å². The van der Waals surface area contributed by atoms with E-state index in [2.05, 4.69) is 18.8 Å². The molecule has 0 heterocycles. The Morgan fingerprint density at radius 2 is 1.36 bits per heavy atom. The molecule has 14 heavy (non-hydrogen) atoms. The topological polar surface area (TPSA) is 0 Å². The lowest BCUT2D eigenvalue weighted by atomic mass is 10.1. The van der Waals surface area contributed by atoms with Crippen LogP contribution < -0.4 is 0 Å². The van der Waals surface area contributed by atoms with Crippen LogP contribution in [0.1, 0.15) is 64.7 Å². The van der Waals surface area contributed by atoms with Gasteiger partial charge in [0, 0.05) is 18.7 Å². The number of rotatable bonds is 8. The molecule has 0 aromatic carbocycles. The highest BCUT2D eigenvalue weighted by atomic mass is 35.5. The summed E-state index contributed by atoms with van der Waals surface area (Å²) in [5, 5.41) is 0. The zero-order valence-corrected chi connectivity index (χ0v) is 10.2. The van der Waals surface area contributed by atoms with Gasteiger partial charge in [-0.2, -0.15) is 0 Å². The van der Waals surface area contributed by atoms with Gasteiger partial charge in [0.05, 0.1) is 0 Å². The van der Waals surface area contributed by atoms with E-state index in [1.54, 1.807) is 0 Å². The molecule has 0 aliphatic carbocycles. The van der Waals surface area contributed by atoms with Crippen molar-refractivity contribution in [2.45, 2.75) is 64.7 Å². The summed E-state index contributed by atoms with van der Waals surface area (Å²) in [6, 6.07) is 0. The highest BCUT2D eigenvalue weighted by Crippen LogP contribution is 2.05. The highest BCUT2D eigenvalue weighted by Gasteiger charge is 1.88. The first-order valence-corrected chi connectivity index (χ1v) is 6.47. The molecular formula is C13H23Cl. The second-order valence-corrected chi connectivity index (χ2v) is 4.04. The van der Waals surface area contributed by atoms with Crippen molar-refractivity contribution in [1.29, 1.82) is 0 Å². The Bertz CT molecular complexity index is 152. The minimum absolute atomic E-state index is 0.816. The van der Waals surface area contributed by atoms with Crippen LogP contribution >= 0.6 is 11.6 Å². The predicted molar refractivity (Wildman–Crippen MR) is 65.7 cm³/mol. The molecule has 0 atom stereocenters. The molecule has 0 aromatic rings. The van der Waals surface area contributed by atoms with Crippen LogP contribution in [0.4, 0.5) is 0 Å². The second-order valence-electron chi connectivity index (χ2n) is 3.66. The van der Waals surface area contributed by atoms with Crippen LogP contribution in [-0.4, -0.2) is 5.88 Å². The van der Waals surface area contributed by atoms with Gasteiger partial charge < -0.3 is 0 Å². The lowest BCUT2D eigenvalue weighted by Gasteiger charge is -1.95. The lowest BCUT2D eigenvalue weighted by Crippen LogP contribution is -1.79. The first-order chi connectivity index (χ1) is 6.91. The first kappa shape index (κ1) is 13.8. The van der Waals surface area contributed by atoms with Crippen molar-refractivity contribution in [1.82, 2.24) is 0 Å². The van der Waals surface area contributed by atoms with Crippen LogP contribution in [-0.2, 0) is 0 Å². The van der Waals surface area contributed by atoms with Crippen LogP contribution in [0, 0.1) is 11.8 Å². The van der Waals surface area contributed by atoms with Gasteiger partial charge in [0.2, 0.25) is 0 Å². The normalized spacial score (nSPS) is 9.57. The quantitative estimate of drug-likeness (QED) is 0.311. The summed E-state index contributed by atoms with van der Waals surface area (Å²) in [7, 11) is 0. The van der Waals surface area contributed by atoms with Crippen LogP contribution in [0.25, 0.3) is 0 Å². The molecule has 0 saturated carbocycles. The van der Waals surface area contributed by atoms with Gasteiger partial charge in [-0.05, 0) is 19.3 Å². The molecule has 0 aromatic heterocycles. The Hall–Kier alpha value is -0.150. The van der Waals surface area contributed by atoms with Gasteiger partial charge in [-0.25, -0.2) is 0 Å². The molecule has 0 bridgehead atoms. The van der Waals surface area contributed by atoms with Gasteiger partial charge in [0.1, 0.15) is 0 Å². The standard InChI is InChI=1S/C13H23Cl/c1-2-3-4-5-6-7-8-9-10-11-12-13-14/h2-4,7-13H2,1H3. The van der Waals surface area contributed by atoms with Gasteiger partial charge in [-0.1, -0.05) is 32.6 Å². The predicted octanol–water partition coefficient (Wildman–Crippen LogP) is 4.76. The third-order valence-electron chi connectivity index (χ3n) is 2.22. The molecule has 0 radical (unpaired) electrons. The Morgan fingerprint density at radius 1 is 0.786 bits per heavy atom. The van der Waals surface area contributed by atoms with E-state index in [9.17, 15) is 0 Å². The summed E-state index contributed by atoms with van der Waals surface area (Å²) in [5.41, 5.74) is 0. The Labute approximate surface area is 94.4 Å². The molecule has 82 valence electrons. The Morgan fingerprint density at radius 3 is 2.00 bits per heavy atom. The molecule has 0 unspecified atom stereocenters. The second kappa shape index (κ2) is 12.8. The molecule has 0 aliphatic heterocycles. The maximum Gasteiger partial charge on any atom is 0.0223 e. The summed E-state index contributed by atoms with van der Waals surface area (Å²) in [4.78, 5) is 0. The highest BCUT2D eigenvalue weighted by molar-refractivity contribution is 6.17. The van der Waals surface area contributed by atoms with Crippen molar-refractivity contribution in [2.24, 2.45) is 0 Å². The van der Waals surface area contributed by atoms with E-state index in [-0.39, 0.29) is 0 Å². The maximum absolute atomic E-state index is 5.59. The molecule has 0 nitrogen and oxygen atoms in total. The van der Waals surface area contributed by atoms with Gasteiger partial charge in [0.25, 0.3) is 0 Å². The molecule has 0 aliphatic rings. The number of hydrogen-bond acceptors (Lipinski definition) is 0. The van der Waals surface area contributed by atoms with Crippen molar-refractivity contribution in [3.63, 3.8) is 0 Å². The van der Waals surface area contributed by atoms with Crippen LogP contribution in [0.5, 0.6) is 0 Å². The van der Waals surface area contributed by atoms with Gasteiger partial charge in [-0.15, -0.1) is 23.4 Å². The van der Waals surface area contributed by atoms with E-state index in [4.69, 9.17) is 11.6 Å². The average Bonchev–Trinajstić information content (AvgIpc) is 2.21. The average molecular weight is 215 g/mol. The van der Waals surface area contributed by atoms with Crippen LogP contribution in [0.3, 0.4) is 0 Å². The minimum Gasteiger partial charge on any atom is -0.127 e. The summed E-state index contributed by atoms with van der Waals surface area (Å²) < 4.78 is 0. The third kappa shape index (κ3) is 11.8. The smallest absolute Gasteiger partial charge is 0.0223 e. The summed E-state index contributed by atoms with van der Waals surface area (Å²) in [6.07, 6.45) is 11.0. The van der Waals surface area contributed by atoms with E-state index in [0.717, 1.165) is 18.7 Å². The fourth-order valence-electron chi connectivity index (χ4n) is 1.28. The van der Waals surface area contributed by atoms with Crippen LogP contribution in [0.15, 0.2) is 0 Å². The van der Waals surface area contributed by atoms with E-state index < -0.39 is 0 Å². The number of unbranched alkanes of at least 4 members (excludes halogenated alkanes) is 7. The van der Waals surface area contributed by atoms with E-state index >= 15 is 0 Å². The molecule has 0 rings (SSSR count). The molecule has 0 saturated heterocycles. The van der Waals surface area contributed by atoms with E-state index in [1.807, 2.05) is 0 Å². The summed E-state index contributed by atoms with van der Waals surface area (Å²) in [5.74, 6) is 7.27. The van der Waals surface area contributed by atoms with Gasteiger partial charge in [-0.3, -0.25) is 0 Å². The largest absolute Gasteiger partial charge is 0.127 e. The van der Waals surface area contributed by atoms with Gasteiger partial charge >= 0.3 is 0 Å². The SMILES string of the molecule is CCCCC#CCCCCCCCCl. The summed E-state index contributed by atoms with van der Waals surface area (Å²) >= 11 is 5.59. The first-order valence-electron chi connectivity index (χ1n) is 5.93. The fourth-order valence-corrected chi connectivity index (χ4v) is 1.47. The molecule has 0 N–H and O–H groups in total. The maximum atomic E-state index is 5.59. The monoisotopic (exact) mass is 214 g/mol. The number of hydrogen-bond donors (Lipinski definition) is 0. The summed E-state index contributed by atoms with van der Waals surface area (Å²) in [6.45, 7) is 2.21. The van der Waals surface area contributed by atoms with Crippen molar-refractivity contribution in [3.8, 4) is 11.8 Å². The zero-order chi connectivity index (χ0) is 10.5. The number of alkyl halides is 1. The molecule has 0 spiro atoms. The Kier molecular flexibility index (Phi) is 12.7. The number of halogens is 1. The molecular weight excluding hydrogens is 192 g/mol. The van der Waals surface area contributed by atoms with E-state index in [1.165, 1.54) is 44.9 Å². The zero-order valence-electron chi connectivity index (χ0n) is 9.45. The Balaban J connectivity index is 2.99. The molecule has 0 fully saturated rings. The van der Waals surface area contributed by atoms with Crippen molar-refractivity contribution < 1.29 is 0 Å². The third-order valence-corrected chi connectivity index (χ3v) is 2.48. The van der Waals surface area contributed by atoms with Crippen LogP contribution in [0.2, 0.25) is 0 Å². The van der Waals surface area contributed by atoms with Crippen molar-refractivity contribution >= 4 is 11.6 Å². The van der Waals surface area contributed by atoms with E-state index in [0.29, 0.717) is 0 Å². The lowest BCUT2D eigenvalue weighted by molar-refractivity contribution is 0.642. The minimum atomic E-state index is 0.816. The molecule has 1 heteroatoms. The van der Waals surface area contributed by atoms with Crippen molar-refractivity contribution in [3.05, 3.63) is 0 Å². The van der Waals surface area contributed by atoms with Gasteiger partial charge in [0.15, 0.2) is 0 Å².